The van der Waals surface area contributed by atoms with E-state index in [-0.39, 0.29) is 6.54 Å². The predicted molar refractivity (Wildman–Crippen MR) is 59.9 cm³/mol. The number of hydrogen-bond donors (Lipinski definition) is 1. The van der Waals surface area contributed by atoms with E-state index in [9.17, 15) is 13.2 Å². The first kappa shape index (κ1) is 14.0. The third kappa shape index (κ3) is 7.76. The molecule has 0 unspecified atom stereocenters. The molecule has 0 aliphatic heterocycles. The highest BCUT2D eigenvalue weighted by atomic mass is 19.4. The Morgan fingerprint density at radius 1 is 1.06 bits per heavy atom. The van der Waals surface area contributed by atoms with Crippen LogP contribution in [0.3, 0.4) is 0 Å². The van der Waals surface area contributed by atoms with Crippen molar-refractivity contribution in [2.24, 2.45) is 0 Å². The van der Waals surface area contributed by atoms with Crippen LogP contribution in [0.4, 0.5) is 13.2 Å². The Morgan fingerprint density at radius 2 is 1.76 bits per heavy atom. The van der Waals surface area contributed by atoms with Gasteiger partial charge in [0.15, 0.2) is 0 Å². The van der Waals surface area contributed by atoms with Gasteiger partial charge in [0.05, 0.1) is 19.8 Å². The van der Waals surface area contributed by atoms with Gasteiger partial charge in [-0.25, -0.2) is 0 Å². The van der Waals surface area contributed by atoms with Crippen molar-refractivity contribution in [2.45, 2.75) is 12.6 Å². The van der Waals surface area contributed by atoms with Crippen LogP contribution in [-0.2, 0) is 11.2 Å². The molecule has 1 N–H and O–H groups in total. The average molecular weight is 247 g/mol. The normalized spacial score (nSPS) is 11.7. The number of hydrogen-bond acceptors (Lipinski definition) is 2. The monoisotopic (exact) mass is 247 g/mol. The van der Waals surface area contributed by atoms with Gasteiger partial charge >= 0.3 is 6.18 Å². The maximum atomic E-state index is 11.7. The van der Waals surface area contributed by atoms with Crippen molar-refractivity contribution in [2.75, 3.05) is 26.3 Å². The number of alkyl halides is 3. The minimum absolute atomic E-state index is 0.217. The maximum Gasteiger partial charge on any atom is 0.401 e. The first-order chi connectivity index (χ1) is 8.08. The lowest BCUT2D eigenvalue weighted by atomic mass is 10.2. The summed E-state index contributed by atoms with van der Waals surface area (Å²) in [5.41, 5.74) is 1.16. The van der Waals surface area contributed by atoms with E-state index < -0.39 is 12.7 Å². The van der Waals surface area contributed by atoms with E-state index >= 15 is 0 Å². The molecule has 0 spiro atoms. The van der Waals surface area contributed by atoms with Crippen LogP contribution in [0.5, 0.6) is 0 Å². The zero-order valence-corrected chi connectivity index (χ0v) is 9.46. The lowest BCUT2D eigenvalue weighted by Crippen LogP contribution is -2.31. The van der Waals surface area contributed by atoms with Crippen LogP contribution in [0.15, 0.2) is 30.3 Å². The van der Waals surface area contributed by atoms with Gasteiger partial charge in [-0.1, -0.05) is 30.3 Å². The van der Waals surface area contributed by atoms with Gasteiger partial charge in [0.1, 0.15) is 0 Å². The zero-order chi connectivity index (χ0) is 12.6. The molecule has 0 heterocycles. The van der Waals surface area contributed by atoms with E-state index in [2.05, 4.69) is 5.32 Å². The number of rotatable bonds is 7. The molecule has 1 aromatic carbocycles. The number of ether oxygens (including phenoxy) is 1. The SMILES string of the molecule is FC(F)(F)CNCCOCCc1ccccc1. The highest BCUT2D eigenvalue weighted by Crippen LogP contribution is 2.11. The second-order valence-corrected chi connectivity index (χ2v) is 3.64. The third-order valence-corrected chi connectivity index (χ3v) is 2.13. The van der Waals surface area contributed by atoms with Gasteiger partial charge in [0, 0.05) is 6.54 Å². The topological polar surface area (TPSA) is 21.3 Å². The second kappa shape index (κ2) is 7.29. The van der Waals surface area contributed by atoms with Gasteiger partial charge in [-0.3, -0.25) is 0 Å². The van der Waals surface area contributed by atoms with E-state index in [1.54, 1.807) is 0 Å². The van der Waals surface area contributed by atoms with Gasteiger partial charge < -0.3 is 10.1 Å². The van der Waals surface area contributed by atoms with Gasteiger partial charge in [0.2, 0.25) is 0 Å². The molecule has 96 valence electrons. The molecule has 0 radical (unpaired) electrons. The minimum atomic E-state index is -4.15. The Hall–Kier alpha value is -1.07. The number of benzene rings is 1. The summed E-state index contributed by atoms with van der Waals surface area (Å²) in [5, 5.41) is 2.27. The molecule has 0 saturated heterocycles. The number of halogens is 3. The molecule has 0 aromatic heterocycles. The highest BCUT2D eigenvalue weighted by Gasteiger charge is 2.25. The van der Waals surface area contributed by atoms with Crippen molar-refractivity contribution >= 4 is 0 Å². The van der Waals surface area contributed by atoms with Gasteiger partial charge in [-0.15, -0.1) is 0 Å². The van der Waals surface area contributed by atoms with E-state index in [0.717, 1.165) is 12.0 Å². The summed E-state index contributed by atoms with van der Waals surface area (Å²) in [5.74, 6) is 0. The first-order valence-corrected chi connectivity index (χ1v) is 5.47. The third-order valence-electron chi connectivity index (χ3n) is 2.13. The molecule has 0 amide bonds. The fraction of sp³-hybridized carbons (Fsp3) is 0.500. The van der Waals surface area contributed by atoms with E-state index in [4.69, 9.17) is 4.74 Å². The van der Waals surface area contributed by atoms with Crippen molar-refractivity contribution in [1.82, 2.24) is 5.32 Å². The fourth-order valence-corrected chi connectivity index (χ4v) is 1.31. The number of nitrogens with one attached hydrogen (secondary N) is 1. The summed E-state index contributed by atoms with van der Waals surface area (Å²) in [4.78, 5) is 0. The molecule has 0 fully saturated rings. The summed E-state index contributed by atoms with van der Waals surface area (Å²) in [6.07, 6.45) is -3.37. The average Bonchev–Trinajstić information content (AvgIpc) is 2.28. The first-order valence-electron chi connectivity index (χ1n) is 5.47. The Labute approximate surface area is 98.8 Å². The molecule has 0 saturated carbocycles. The molecule has 0 aliphatic rings. The molecule has 5 heteroatoms. The molecule has 0 bridgehead atoms. The van der Waals surface area contributed by atoms with Gasteiger partial charge in [-0.05, 0) is 12.0 Å². The van der Waals surface area contributed by atoms with Crippen LogP contribution < -0.4 is 5.32 Å². The maximum absolute atomic E-state index is 11.7. The molecule has 1 aromatic rings. The molecule has 17 heavy (non-hydrogen) atoms. The van der Waals surface area contributed by atoms with E-state index in [0.29, 0.717) is 13.2 Å². The van der Waals surface area contributed by atoms with Crippen molar-refractivity contribution in [3.63, 3.8) is 0 Å². The van der Waals surface area contributed by atoms with Gasteiger partial charge in [0.25, 0.3) is 0 Å². The second-order valence-electron chi connectivity index (χ2n) is 3.64. The lowest BCUT2D eigenvalue weighted by Gasteiger charge is -2.08. The largest absolute Gasteiger partial charge is 0.401 e. The van der Waals surface area contributed by atoms with Crippen molar-refractivity contribution < 1.29 is 17.9 Å². The molecule has 0 aliphatic carbocycles. The van der Waals surface area contributed by atoms with Crippen molar-refractivity contribution in [3.8, 4) is 0 Å². The Morgan fingerprint density at radius 3 is 2.41 bits per heavy atom. The van der Waals surface area contributed by atoms with Crippen molar-refractivity contribution in [3.05, 3.63) is 35.9 Å². The molecule has 2 nitrogen and oxygen atoms in total. The summed E-state index contributed by atoms with van der Waals surface area (Å²) in [6.45, 7) is 0.0734. The zero-order valence-electron chi connectivity index (χ0n) is 9.46. The Kier molecular flexibility index (Phi) is 6.00. The summed E-state index contributed by atoms with van der Waals surface area (Å²) in [6, 6.07) is 9.81. The van der Waals surface area contributed by atoms with Gasteiger partial charge in [-0.2, -0.15) is 13.2 Å². The van der Waals surface area contributed by atoms with Crippen LogP contribution in [0.25, 0.3) is 0 Å². The van der Waals surface area contributed by atoms with Crippen LogP contribution in [0.1, 0.15) is 5.56 Å². The van der Waals surface area contributed by atoms with E-state index in [1.165, 1.54) is 0 Å². The Balaban J connectivity index is 1.95. The van der Waals surface area contributed by atoms with E-state index in [1.807, 2.05) is 30.3 Å². The highest BCUT2D eigenvalue weighted by molar-refractivity contribution is 5.14. The van der Waals surface area contributed by atoms with Crippen LogP contribution in [0, 0.1) is 0 Å². The summed E-state index contributed by atoms with van der Waals surface area (Å²) < 4.78 is 40.5. The molecule has 0 atom stereocenters. The molecular formula is C12H16F3NO. The summed E-state index contributed by atoms with van der Waals surface area (Å²) >= 11 is 0. The fourth-order valence-electron chi connectivity index (χ4n) is 1.31. The smallest absolute Gasteiger partial charge is 0.380 e. The summed E-state index contributed by atoms with van der Waals surface area (Å²) in [7, 11) is 0. The van der Waals surface area contributed by atoms with Crippen molar-refractivity contribution in [1.29, 1.82) is 0 Å². The molecule has 1 rings (SSSR count). The van der Waals surface area contributed by atoms with Crippen LogP contribution >= 0.6 is 0 Å². The van der Waals surface area contributed by atoms with Crippen LogP contribution in [0.2, 0.25) is 0 Å². The predicted octanol–water partition coefficient (Wildman–Crippen LogP) is 2.40. The standard InChI is InChI=1S/C12H16F3NO/c13-12(14,15)10-16-7-9-17-8-6-11-4-2-1-3-5-11/h1-5,16H,6-10H2. The minimum Gasteiger partial charge on any atom is -0.380 e. The Bertz CT molecular complexity index is 300. The molecular weight excluding hydrogens is 231 g/mol. The lowest BCUT2D eigenvalue weighted by molar-refractivity contribution is -0.125. The quantitative estimate of drug-likeness (QED) is 0.747. The van der Waals surface area contributed by atoms with Crippen LogP contribution in [-0.4, -0.2) is 32.5 Å².